The fraction of sp³-hybridized carbons (Fsp3) is 0.429. The highest BCUT2D eigenvalue weighted by atomic mass is 16.5. The number of rotatable bonds is 4. The van der Waals surface area contributed by atoms with Gasteiger partial charge in [-0.25, -0.2) is 0 Å². The van der Waals surface area contributed by atoms with E-state index in [-0.39, 0.29) is 5.75 Å². The first-order valence-electron chi connectivity index (χ1n) is 5.91. The monoisotopic (exact) mass is 218 g/mol. The molecule has 0 heterocycles. The Morgan fingerprint density at radius 2 is 2.00 bits per heavy atom. The SMILES string of the molecule is Oc1ccc(OCCC2CC=CCC2)cc1. The molecule has 16 heavy (non-hydrogen) atoms. The number of phenolic OH excluding ortho intramolecular Hbond substituents is 1. The summed E-state index contributed by atoms with van der Waals surface area (Å²) in [6.45, 7) is 0.767. The Morgan fingerprint density at radius 1 is 1.19 bits per heavy atom. The number of aromatic hydroxyl groups is 1. The summed E-state index contributed by atoms with van der Waals surface area (Å²) in [7, 11) is 0. The van der Waals surface area contributed by atoms with Crippen molar-refractivity contribution in [3.8, 4) is 11.5 Å². The van der Waals surface area contributed by atoms with Gasteiger partial charge in [-0.05, 0) is 55.9 Å². The molecule has 1 N–H and O–H groups in total. The van der Waals surface area contributed by atoms with Crippen LogP contribution in [0.5, 0.6) is 11.5 Å². The van der Waals surface area contributed by atoms with E-state index in [1.807, 2.05) is 0 Å². The maximum atomic E-state index is 9.12. The quantitative estimate of drug-likeness (QED) is 0.783. The molecule has 0 fully saturated rings. The normalized spacial score (nSPS) is 19.6. The molecule has 0 spiro atoms. The van der Waals surface area contributed by atoms with Crippen LogP contribution in [0.4, 0.5) is 0 Å². The van der Waals surface area contributed by atoms with Crippen LogP contribution in [0.25, 0.3) is 0 Å². The van der Waals surface area contributed by atoms with Crippen LogP contribution >= 0.6 is 0 Å². The minimum Gasteiger partial charge on any atom is -0.508 e. The van der Waals surface area contributed by atoms with Crippen LogP contribution in [0.15, 0.2) is 36.4 Å². The number of allylic oxidation sites excluding steroid dienone is 2. The maximum Gasteiger partial charge on any atom is 0.119 e. The third kappa shape index (κ3) is 3.30. The van der Waals surface area contributed by atoms with E-state index in [4.69, 9.17) is 9.84 Å². The lowest BCUT2D eigenvalue weighted by molar-refractivity contribution is 0.270. The van der Waals surface area contributed by atoms with Gasteiger partial charge in [-0.3, -0.25) is 0 Å². The predicted molar refractivity (Wildman–Crippen MR) is 64.7 cm³/mol. The number of ether oxygens (including phenoxy) is 1. The van der Waals surface area contributed by atoms with Crippen molar-refractivity contribution in [2.45, 2.75) is 25.7 Å². The highest BCUT2D eigenvalue weighted by Gasteiger charge is 2.09. The molecule has 0 aromatic heterocycles. The number of hydrogen-bond donors (Lipinski definition) is 1. The van der Waals surface area contributed by atoms with Gasteiger partial charge in [-0.2, -0.15) is 0 Å². The Morgan fingerprint density at radius 3 is 2.69 bits per heavy atom. The fourth-order valence-corrected chi connectivity index (χ4v) is 2.00. The van der Waals surface area contributed by atoms with Gasteiger partial charge < -0.3 is 9.84 Å². The second kappa shape index (κ2) is 5.59. The van der Waals surface area contributed by atoms with Gasteiger partial charge in [0.15, 0.2) is 0 Å². The molecule has 0 saturated heterocycles. The van der Waals surface area contributed by atoms with Crippen molar-refractivity contribution in [2.75, 3.05) is 6.61 Å². The van der Waals surface area contributed by atoms with E-state index in [9.17, 15) is 0 Å². The average Bonchev–Trinajstić information content (AvgIpc) is 2.33. The van der Waals surface area contributed by atoms with Gasteiger partial charge >= 0.3 is 0 Å². The molecule has 2 nitrogen and oxygen atoms in total. The first-order chi connectivity index (χ1) is 7.84. The van der Waals surface area contributed by atoms with Crippen molar-refractivity contribution in [1.29, 1.82) is 0 Å². The van der Waals surface area contributed by atoms with Crippen LogP contribution in [0.1, 0.15) is 25.7 Å². The van der Waals surface area contributed by atoms with Gasteiger partial charge in [0, 0.05) is 0 Å². The van der Waals surface area contributed by atoms with Crippen molar-refractivity contribution in [1.82, 2.24) is 0 Å². The smallest absolute Gasteiger partial charge is 0.119 e. The van der Waals surface area contributed by atoms with Crippen LogP contribution in [-0.4, -0.2) is 11.7 Å². The largest absolute Gasteiger partial charge is 0.508 e. The topological polar surface area (TPSA) is 29.5 Å². The van der Waals surface area contributed by atoms with E-state index in [2.05, 4.69) is 12.2 Å². The molecule has 1 aromatic rings. The van der Waals surface area contributed by atoms with Crippen LogP contribution < -0.4 is 4.74 Å². The molecule has 0 radical (unpaired) electrons. The van der Waals surface area contributed by atoms with Crippen molar-refractivity contribution >= 4 is 0 Å². The van der Waals surface area contributed by atoms with Gasteiger partial charge in [0.05, 0.1) is 6.61 Å². The van der Waals surface area contributed by atoms with Gasteiger partial charge in [-0.1, -0.05) is 12.2 Å². The average molecular weight is 218 g/mol. The van der Waals surface area contributed by atoms with Crippen LogP contribution in [-0.2, 0) is 0 Å². The Bertz CT molecular complexity index is 340. The van der Waals surface area contributed by atoms with E-state index in [1.54, 1.807) is 24.3 Å². The summed E-state index contributed by atoms with van der Waals surface area (Å²) in [6, 6.07) is 6.91. The lowest BCUT2D eigenvalue weighted by atomic mass is 9.92. The van der Waals surface area contributed by atoms with Crippen molar-refractivity contribution in [3.05, 3.63) is 36.4 Å². The molecule has 0 amide bonds. The lowest BCUT2D eigenvalue weighted by Gasteiger charge is -2.17. The molecule has 1 aliphatic carbocycles. The Balaban J connectivity index is 1.71. The van der Waals surface area contributed by atoms with Crippen LogP contribution in [0.2, 0.25) is 0 Å². The van der Waals surface area contributed by atoms with Gasteiger partial charge in [0.1, 0.15) is 11.5 Å². The van der Waals surface area contributed by atoms with E-state index in [0.717, 1.165) is 24.7 Å². The zero-order valence-corrected chi connectivity index (χ0v) is 9.43. The van der Waals surface area contributed by atoms with Crippen molar-refractivity contribution in [3.63, 3.8) is 0 Å². The molecule has 86 valence electrons. The molecule has 1 aliphatic rings. The summed E-state index contributed by atoms with van der Waals surface area (Å²) < 4.78 is 5.63. The van der Waals surface area contributed by atoms with E-state index < -0.39 is 0 Å². The minimum atomic E-state index is 0.282. The maximum absolute atomic E-state index is 9.12. The summed E-state index contributed by atoms with van der Waals surface area (Å²) in [5, 5.41) is 9.12. The Labute approximate surface area is 96.6 Å². The summed E-state index contributed by atoms with van der Waals surface area (Å²) in [5.74, 6) is 1.90. The standard InChI is InChI=1S/C14H18O2/c15-13-6-8-14(9-7-13)16-11-10-12-4-2-1-3-5-12/h1-2,6-9,12,15H,3-5,10-11H2. The number of benzene rings is 1. The summed E-state index contributed by atoms with van der Waals surface area (Å²) in [4.78, 5) is 0. The number of phenols is 1. The lowest BCUT2D eigenvalue weighted by Crippen LogP contribution is -2.08. The van der Waals surface area contributed by atoms with Gasteiger partial charge in [0.2, 0.25) is 0 Å². The Hall–Kier alpha value is -1.44. The van der Waals surface area contributed by atoms with Gasteiger partial charge in [-0.15, -0.1) is 0 Å². The molecule has 1 atom stereocenters. The van der Waals surface area contributed by atoms with E-state index >= 15 is 0 Å². The second-order valence-corrected chi connectivity index (χ2v) is 4.28. The molecule has 2 heteroatoms. The van der Waals surface area contributed by atoms with Gasteiger partial charge in [0.25, 0.3) is 0 Å². The first-order valence-corrected chi connectivity index (χ1v) is 5.91. The first kappa shape index (κ1) is 11.1. The zero-order chi connectivity index (χ0) is 11.2. The highest BCUT2D eigenvalue weighted by molar-refractivity contribution is 5.29. The molecule has 0 bridgehead atoms. The summed E-state index contributed by atoms with van der Waals surface area (Å²) in [5.41, 5.74) is 0. The molecular weight excluding hydrogens is 200 g/mol. The molecule has 1 aromatic carbocycles. The summed E-state index contributed by atoms with van der Waals surface area (Å²) in [6.07, 6.45) is 9.34. The van der Waals surface area contributed by atoms with Crippen molar-refractivity contribution in [2.24, 2.45) is 5.92 Å². The number of hydrogen-bond acceptors (Lipinski definition) is 2. The molecule has 0 aliphatic heterocycles. The Kier molecular flexibility index (Phi) is 3.86. The molecule has 2 rings (SSSR count). The predicted octanol–water partition coefficient (Wildman–Crippen LogP) is 3.52. The summed E-state index contributed by atoms with van der Waals surface area (Å²) >= 11 is 0. The van der Waals surface area contributed by atoms with E-state index in [1.165, 1.54) is 19.3 Å². The molecular formula is C14H18O2. The fourth-order valence-electron chi connectivity index (χ4n) is 2.00. The van der Waals surface area contributed by atoms with Crippen molar-refractivity contribution < 1.29 is 9.84 Å². The van der Waals surface area contributed by atoms with Crippen LogP contribution in [0.3, 0.4) is 0 Å². The molecule has 0 saturated carbocycles. The third-order valence-corrected chi connectivity index (χ3v) is 3.01. The zero-order valence-electron chi connectivity index (χ0n) is 9.43. The second-order valence-electron chi connectivity index (χ2n) is 4.28. The van der Waals surface area contributed by atoms with Crippen LogP contribution in [0, 0.1) is 5.92 Å². The molecule has 1 unspecified atom stereocenters. The highest BCUT2D eigenvalue weighted by Crippen LogP contribution is 2.22. The third-order valence-electron chi connectivity index (χ3n) is 3.01. The van der Waals surface area contributed by atoms with E-state index in [0.29, 0.717) is 0 Å². The minimum absolute atomic E-state index is 0.282.